The summed E-state index contributed by atoms with van der Waals surface area (Å²) in [4.78, 5) is 10.2. The minimum Gasteiger partial charge on any atom is -0.481 e. The molecule has 1 rings (SSSR count). The maximum absolute atomic E-state index is 11.2. The van der Waals surface area contributed by atoms with Crippen molar-refractivity contribution in [1.29, 1.82) is 0 Å². The minimum absolute atomic E-state index is 0.0412. The smallest absolute Gasteiger partial charge is 0.481 e. The van der Waals surface area contributed by atoms with Gasteiger partial charge in [0.1, 0.15) is 0 Å². The van der Waals surface area contributed by atoms with E-state index in [4.69, 9.17) is 9.63 Å². The van der Waals surface area contributed by atoms with Crippen LogP contribution in [0.15, 0.2) is 30.3 Å². The summed E-state index contributed by atoms with van der Waals surface area (Å²) < 4.78 is 16.2. The molecule has 0 saturated heterocycles. The van der Waals surface area contributed by atoms with Crippen molar-refractivity contribution in [3.05, 3.63) is 30.3 Å². The molecule has 0 spiro atoms. The third-order valence-electron chi connectivity index (χ3n) is 1.46. The number of benzene rings is 1. The Hall–Kier alpha value is -1.41. The Kier molecular flexibility index (Phi) is 4.08. The van der Waals surface area contributed by atoms with Gasteiger partial charge in [-0.1, -0.05) is 18.2 Å². The molecule has 0 fully saturated rings. The molecule has 1 atom stereocenters. The highest BCUT2D eigenvalue weighted by atomic mass is 31.1. The molecule has 0 heterocycles. The molecule has 0 amide bonds. The fourth-order valence-corrected chi connectivity index (χ4v) is 1.65. The first-order chi connectivity index (χ1) is 6.68. The predicted octanol–water partition coefficient (Wildman–Crippen LogP) is 2.28. The Morgan fingerprint density at radius 3 is 2.57 bits per heavy atom. The van der Waals surface area contributed by atoms with Crippen LogP contribution in [0.5, 0.6) is 5.75 Å². The average molecular weight is 213 g/mol. The van der Waals surface area contributed by atoms with Crippen LogP contribution in [0, 0.1) is 0 Å². The second-order valence-electron chi connectivity index (χ2n) is 2.60. The summed E-state index contributed by atoms with van der Waals surface area (Å²) in [7, 11) is -1.92. The maximum Gasteiger partial charge on any atom is 0.556 e. The molecule has 1 unspecified atom stereocenters. The van der Waals surface area contributed by atoms with Gasteiger partial charge in [0.15, 0.2) is 11.9 Å². The van der Waals surface area contributed by atoms with Crippen molar-refractivity contribution in [3.63, 3.8) is 0 Å². The first-order valence-electron chi connectivity index (χ1n) is 4.08. The highest BCUT2D eigenvalue weighted by Gasteiger charge is 2.20. The largest absolute Gasteiger partial charge is 0.556 e. The van der Waals surface area contributed by atoms with Crippen LogP contribution in [0.1, 0.15) is 6.42 Å². The number of rotatable bonds is 5. The molecule has 0 saturated carbocycles. The first kappa shape index (κ1) is 10.7. The lowest BCUT2D eigenvalue weighted by molar-refractivity contribution is -0.136. The SMILES string of the molecule is O=C(O)CC[P+](=O)Oc1ccccc1. The highest BCUT2D eigenvalue weighted by Crippen LogP contribution is 2.26. The van der Waals surface area contributed by atoms with E-state index < -0.39 is 14.0 Å². The van der Waals surface area contributed by atoms with Gasteiger partial charge in [0.2, 0.25) is 0 Å². The number of hydrogen-bond acceptors (Lipinski definition) is 3. The van der Waals surface area contributed by atoms with Crippen molar-refractivity contribution in [1.82, 2.24) is 0 Å². The van der Waals surface area contributed by atoms with Crippen LogP contribution in [0.25, 0.3) is 0 Å². The van der Waals surface area contributed by atoms with Crippen LogP contribution in [0.3, 0.4) is 0 Å². The molecule has 1 aromatic carbocycles. The van der Waals surface area contributed by atoms with Crippen molar-refractivity contribution >= 4 is 14.0 Å². The Bertz CT molecular complexity index is 323. The highest BCUT2D eigenvalue weighted by molar-refractivity contribution is 7.39. The number of carboxylic acid groups (broad SMARTS) is 1. The summed E-state index contributed by atoms with van der Waals surface area (Å²) in [6.07, 6.45) is -0.0956. The van der Waals surface area contributed by atoms with Crippen molar-refractivity contribution in [3.8, 4) is 5.75 Å². The van der Waals surface area contributed by atoms with E-state index >= 15 is 0 Å². The number of carboxylic acids is 1. The van der Waals surface area contributed by atoms with Gasteiger partial charge in [0.05, 0.1) is 6.42 Å². The van der Waals surface area contributed by atoms with E-state index in [9.17, 15) is 9.36 Å². The van der Waals surface area contributed by atoms with Crippen LogP contribution in [0.2, 0.25) is 0 Å². The Balaban J connectivity index is 2.38. The second kappa shape index (κ2) is 5.35. The van der Waals surface area contributed by atoms with E-state index in [0.717, 1.165) is 0 Å². The Morgan fingerprint density at radius 2 is 2.00 bits per heavy atom. The van der Waals surface area contributed by atoms with Crippen LogP contribution in [-0.2, 0) is 9.36 Å². The van der Waals surface area contributed by atoms with Gasteiger partial charge < -0.3 is 5.11 Å². The molecule has 1 aromatic rings. The van der Waals surface area contributed by atoms with Crippen molar-refractivity contribution in [2.75, 3.05) is 6.16 Å². The van der Waals surface area contributed by atoms with Gasteiger partial charge in [0.25, 0.3) is 0 Å². The molecular formula is C9H10O4P+. The zero-order valence-corrected chi connectivity index (χ0v) is 8.31. The van der Waals surface area contributed by atoms with Gasteiger partial charge in [0, 0.05) is 0 Å². The summed E-state index contributed by atoms with van der Waals surface area (Å²) in [6.45, 7) is 0. The van der Waals surface area contributed by atoms with E-state index in [-0.39, 0.29) is 12.6 Å². The van der Waals surface area contributed by atoms with Gasteiger partial charge in [-0.25, -0.2) is 0 Å². The van der Waals surface area contributed by atoms with E-state index in [0.29, 0.717) is 5.75 Å². The van der Waals surface area contributed by atoms with Gasteiger partial charge in [-0.15, -0.1) is 0 Å². The molecule has 74 valence electrons. The molecule has 0 bridgehead atoms. The first-order valence-corrected chi connectivity index (χ1v) is 5.44. The average Bonchev–Trinajstić information content (AvgIpc) is 2.16. The summed E-state index contributed by atoms with van der Waals surface area (Å²) in [5.74, 6) is -0.469. The second-order valence-corrected chi connectivity index (χ2v) is 3.90. The van der Waals surface area contributed by atoms with Crippen molar-refractivity contribution < 1.29 is 19.0 Å². The standard InChI is InChI=1S/C9H9O4P/c10-9(11)6-7-14(12)13-8-4-2-1-3-5-8/h1-5H,6-7H2/p+1. The topological polar surface area (TPSA) is 63.6 Å². The molecule has 0 aliphatic heterocycles. The summed E-state index contributed by atoms with van der Waals surface area (Å²) in [5, 5.41) is 8.34. The maximum atomic E-state index is 11.2. The lowest BCUT2D eigenvalue weighted by atomic mass is 10.3. The van der Waals surface area contributed by atoms with E-state index in [1.165, 1.54) is 0 Å². The molecule has 0 aromatic heterocycles. The summed E-state index contributed by atoms with van der Waals surface area (Å²) in [6, 6.07) is 8.69. The Labute approximate surface area is 82.4 Å². The number of aliphatic carboxylic acids is 1. The zero-order chi connectivity index (χ0) is 10.4. The molecule has 0 radical (unpaired) electrons. The molecule has 1 N–H and O–H groups in total. The van der Waals surface area contributed by atoms with Crippen LogP contribution in [0.4, 0.5) is 0 Å². The van der Waals surface area contributed by atoms with Gasteiger partial charge >= 0.3 is 14.0 Å². The molecule has 5 heteroatoms. The normalized spacial score (nSPS) is 10.7. The number of hydrogen-bond donors (Lipinski definition) is 1. The lowest BCUT2D eigenvalue weighted by Gasteiger charge is -1.91. The lowest BCUT2D eigenvalue weighted by Crippen LogP contribution is -1.97. The summed E-state index contributed by atoms with van der Waals surface area (Å²) in [5.41, 5.74) is 0. The van der Waals surface area contributed by atoms with Crippen LogP contribution >= 0.6 is 8.03 Å². The minimum atomic E-state index is -1.92. The van der Waals surface area contributed by atoms with Gasteiger partial charge in [-0.05, 0) is 16.7 Å². The van der Waals surface area contributed by atoms with Gasteiger partial charge in [-0.2, -0.15) is 0 Å². The van der Waals surface area contributed by atoms with Crippen LogP contribution < -0.4 is 4.52 Å². The van der Waals surface area contributed by atoms with Gasteiger partial charge in [-0.3, -0.25) is 9.32 Å². The fraction of sp³-hybridized carbons (Fsp3) is 0.222. The molecule has 0 aliphatic rings. The summed E-state index contributed by atoms with van der Waals surface area (Å²) >= 11 is 0. The molecular weight excluding hydrogens is 203 g/mol. The van der Waals surface area contributed by atoms with E-state index in [2.05, 4.69) is 0 Å². The zero-order valence-electron chi connectivity index (χ0n) is 7.42. The van der Waals surface area contributed by atoms with Crippen molar-refractivity contribution in [2.24, 2.45) is 0 Å². The fourth-order valence-electron chi connectivity index (χ4n) is 0.831. The predicted molar refractivity (Wildman–Crippen MR) is 51.8 cm³/mol. The molecule has 4 nitrogen and oxygen atoms in total. The number of carbonyl (C=O) groups is 1. The van der Waals surface area contributed by atoms with E-state index in [1.807, 2.05) is 6.07 Å². The van der Waals surface area contributed by atoms with Crippen molar-refractivity contribution in [2.45, 2.75) is 6.42 Å². The number of para-hydroxylation sites is 1. The van der Waals surface area contributed by atoms with E-state index in [1.54, 1.807) is 24.3 Å². The quantitative estimate of drug-likeness (QED) is 0.762. The van der Waals surface area contributed by atoms with Crippen LogP contribution in [-0.4, -0.2) is 17.2 Å². The molecule has 0 aliphatic carbocycles. The third kappa shape index (κ3) is 4.01. The third-order valence-corrected chi connectivity index (χ3v) is 2.46. The monoisotopic (exact) mass is 213 g/mol. The molecule has 14 heavy (non-hydrogen) atoms. The Morgan fingerprint density at radius 1 is 1.36 bits per heavy atom.